The fourth-order valence-electron chi connectivity index (χ4n) is 3.19. The fourth-order valence-corrected chi connectivity index (χ4v) is 3.50. The molecule has 0 aliphatic carbocycles. The smallest absolute Gasteiger partial charge is 0.278 e. The standard InChI is InChI=1S/C23H17Cl2N3O2/c1-14-5-10-17(12-19(14)25)27-21-20(15-6-8-16(24)9-7-15)22(29)28(23(21)30)13-18-4-2-3-11-26-18/h2-12,27H,13H2,1H3. The van der Waals surface area contributed by atoms with Gasteiger partial charge < -0.3 is 5.32 Å². The van der Waals surface area contributed by atoms with Crippen molar-refractivity contribution in [2.75, 3.05) is 5.32 Å². The Labute approximate surface area is 183 Å². The molecule has 7 heteroatoms. The molecule has 150 valence electrons. The zero-order valence-corrected chi connectivity index (χ0v) is 17.5. The predicted molar refractivity (Wildman–Crippen MR) is 118 cm³/mol. The molecule has 0 saturated heterocycles. The largest absolute Gasteiger partial charge is 0.350 e. The lowest BCUT2D eigenvalue weighted by atomic mass is 10.0. The number of amides is 2. The third-order valence-electron chi connectivity index (χ3n) is 4.79. The second-order valence-electron chi connectivity index (χ2n) is 6.86. The molecule has 0 atom stereocenters. The molecule has 0 fully saturated rings. The maximum Gasteiger partial charge on any atom is 0.278 e. The van der Waals surface area contributed by atoms with Crippen molar-refractivity contribution >= 4 is 46.3 Å². The second-order valence-corrected chi connectivity index (χ2v) is 7.71. The summed E-state index contributed by atoms with van der Waals surface area (Å²) in [5, 5.41) is 4.21. The zero-order valence-electron chi connectivity index (χ0n) is 16.0. The third-order valence-corrected chi connectivity index (χ3v) is 5.45. The lowest BCUT2D eigenvalue weighted by Crippen LogP contribution is -2.32. The van der Waals surface area contributed by atoms with E-state index in [9.17, 15) is 9.59 Å². The average molecular weight is 438 g/mol. The summed E-state index contributed by atoms with van der Waals surface area (Å²) in [7, 11) is 0. The van der Waals surface area contributed by atoms with Crippen LogP contribution in [0.2, 0.25) is 10.0 Å². The first-order valence-corrected chi connectivity index (χ1v) is 9.99. The predicted octanol–water partition coefficient (Wildman–Crippen LogP) is 5.09. The first-order valence-electron chi connectivity index (χ1n) is 9.23. The number of carbonyl (C=O) groups is 2. The van der Waals surface area contributed by atoms with Gasteiger partial charge in [-0.2, -0.15) is 0 Å². The Bertz CT molecular complexity index is 1160. The normalized spacial score (nSPS) is 13.9. The van der Waals surface area contributed by atoms with Crippen LogP contribution >= 0.6 is 23.2 Å². The van der Waals surface area contributed by atoms with Crippen molar-refractivity contribution in [3.05, 3.63) is 99.4 Å². The SMILES string of the molecule is Cc1ccc(NC2=C(c3ccc(Cl)cc3)C(=O)N(Cc3ccccn3)C2=O)cc1Cl. The van der Waals surface area contributed by atoms with Gasteiger partial charge in [0.15, 0.2) is 0 Å². The molecule has 1 N–H and O–H groups in total. The number of benzene rings is 2. The number of hydrogen-bond donors (Lipinski definition) is 1. The van der Waals surface area contributed by atoms with Gasteiger partial charge >= 0.3 is 0 Å². The van der Waals surface area contributed by atoms with Crippen LogP contribution in [0, 0.1) is 6.92 Å². The number of halogens is 2. The van der Waals surface area contributed by atoms with Crippen LogP contribution in [0.4, 0.5) is 5.69 Å². The Morgan fingerprint density at radius 1 is 0.967 bits per heavy atom. The van der Waals surface area contributed by atoms with Crippen molar-refractivity contribution in [2.45, 2.75) is 13.5 Å². The molecule has 4 rings (SSSR count). The van der Waals surface area contributed by atoms with Gasteiger partial charge in [0.25, 0.3) is 11.8 Å². The number of nitrogens with one attached hydrogen (secondary N) is 1. The zero-order chi connectivity index (χ0) is 21.3. The fraction of sp³-hybridized carbons (Fsp3) is 0.0870. The van der Waals surface area contributed by atoms with Gasteiger partial charge in [-0.15, -0.1) is 0 Å². The number of hydrogen-bond acceptors (Lipinski definition) is 4. The Kier molecular flexibility index (Phi) is 5.57. The number of anilines is 1. The van der Waals surface area contributed by atoms with Crippen LogP contribution in [0.3, 0.4) is 0 Å². The quantitative estimate of drug-likeness (QED) is 0.564. The summed E-state index contributed by atoms with van der Waals surface area (Å²) < 4.78 is 0. The van der Waals surface area contributed by atoms with Crippen LogP contribution in [0.1, 0.15) is 16.8 Å². The molecule has 5 nitrogen and oxygen atoms in total. The highest BCUT2D eigenvalue weighted by Gasteiger charge is 2.39. The molecule has 0 spiro atoms. The molecule has 30 heavy (non-hydrogen) atoms. The van der Waals surface area contributed by atoms with Gasteiger partial charge in [-0.1, -0.05) is 47.5 Å². The van der Waals surface area contributed by atoms with Crippen molar-refractivity contribution < 1.29 is 9.59 Å². The molecule has 2 heterocycles. The Morgan fingerprint density at radius 2 is 1.73 bits per heavy atom. The maximum absolute atomic E-state index is 13.2. The lowest BCUT2D eigenvalue weighted by molar-refractivity contribution is -0.137. The number of nitrogens with zero attached hydrogens (tertiary/aromatic N) is 2. The van der Waals surface area contributed by atoms with Gasteiger partial charge in [-0.05, 0) is 54.4 Å². The third kappa shape index (κ3) is 3.95. The molecule has 0 bridgehead atoms. The summed E-state index contributed by atoms with van der Waals surface area (Å²) in [6.07, 6.45) is 1.63. The summed E-state index contributed by atoms with van der Waals surface area (Å²) in [6.45, 7) is 1.97. The van der Waals surface area contributed by atoms with Crippen LogP contribution in [0.15, 0.2) is 72.6 Å². The van der Waals surface area contributed by atoms with Gasteiger partial charge in [-0.25, -0.2) is 0 Å². The molecule has 0 unspecified atom stereocenters. The monoisotopic (exact) mass is 437 g/mol. The summed E-state index contributed by atoms with van der Waals surface area (Å²) in [6, 6.07) is 17.6. The number of aromatic nitrogens is 1. The molecule has 0 saturated carbocycles. The topological polar surface area (TPSA) is 62.3 Å². The first kappa shape index (κ1) is 20.1. The van der Waals surface area contributed by atoms with Crippen LogP contribution < -0.4 is 5.32 Å². The van der Waals surface area contributed by atoms with E-state index >= 15 is 0 Å². The molecule has 0 radical (unpaired) electrons. The molecule has 1 aliphatic heterocycles. The van der Waals surface area contributed by atoms with E-state index in [0.717, 1.165) is 5.56 Å². The van der Waals surface area contributed by atoms with Crippen molar-refractivity contribution in [3.8, 4) is 0 Å². The molecule has 2 aromatic carbocycles. The number of carbonyl (C=O) groups excluding carboxylic acids is 2. The minimum Gasteiger partial charge on any atom is -0.350 e. The van der Waals surface area contributed by atoms with E-state index in [1.54, 1.807) is 48.7 Å². The highest BCUT2D eigenvalue weighted by atomic mass is 35.5. The lowest BCUT2D eigenvalue weighted by Gasteiger charge is -2.15. The van der Waals surface area contributed by atoms with Crippen molar-refractivity contribution in [3.63, 3.8) is 0 Å². The molecule has 1 aliphatic rings. The summed E-state index contributed by atoms with van der Waals surface area (Å²) in [5.41, 5.74) is 3.23. The van der Waals surface area contributed by atoms with Gasteiger partial charge in [0.05, 0.1) is 17.8 Å². The molecular formula is C23H17Cl2N3O2. The highest BCUT2D eigenvalue weighted by Crippen LogP contribution is 2.32. The van der Waals surface area contributed by atoms with Gasteiger partial charge in [-0.3, -0.25) is 19.5 Å². The molecule has 2 amide bonds. The van der Waals surface area contributed by atoms with E-state index in [2.05, 4.69) is 10.3 Å². The highest BCUT2D eigenvalue weighted by molar-refractivity contribution is 6.37. The van der Waals surface area contributed by atoms with Crippen LogP contribution in [0.5, 0.6) is 0 Å². The summed E-state index contributed by atoms with van der Waals surface area (Å²) >= 11 is 12.2. The van der Waals surface area contributed by atoms with Crippen molar-refractivity contribution in [1.29, 1.82) is 0 Å². The molecular weight excluding hydrogens is 421 g/mol. The second kappa shape index (κ2) is 8.30. The van der Waals surface area contributed by atoms with Crippen LogP contribution in [-0.4, -0.2) is 21.7 Å². The van der Waals surface area contributed by atoms with E-state index in [-0.39, 0.29) is 17.8 Å². The number of pyridine rings is 1. The average Bonchev–Trinajstić information content (AvgIpc) is 2.96. The van der Waals surface area contributed by atoms with E-state index in [1.807, 2.05) is 25.1 Å². The molecule has 3 aromatic rings. The summed E-state index contributed by atoms with van der Waals surface area (Å²) in [4.78, 5) is 31.9. The van der Waals surface area contributed by atoms with E-state index < -0.39 is 11.8 Å². The minimum absolute atomic E-state index is 0.0788. The maximum atomic E-state index is 13.2. The van der Waals surface area contributed by atoms with Gasteiger partial charge in [0, 0.05) is 21.9 Å². The van der Waals surface area contributed by atoms with Crippen molar-refractivity contribution in [2.24, 2.45) is 0 Å². The number of aryl methyl sites for hydroxylation is 1. The minimum atomic E-state index is -0.424. The van der Waals surface area contributed by atoms with Crippen molar-refractivity contribution in [1.82, 2.24) is 9.88 Å². The number of imide groups is 1. The number of rotatable bonds is 5. The summed E-state index contributed by atoms with van der Waals surface area (Å²) in [5.74, 6) is -0.819. The van der Waals surface area contributed by atoms with Gasteiger partial charge in [0.2, 0.25) is 0 Å². The van der Waals surface area contributed by atoms with E-state index in [1.165, 1.54) is 4.90 Å². The van der Waals surface area contributed by atoms with Gasteiger partial charge in [0.1, 0.15) is 5.70 Å². The first-order chi connectivity index (χ1) is 14.4. The van der Waals surface area contributed by atoms with Crippen LogP contribution in [-0.2, 0) is 16.1 Å². The Hall–Kier alpha value is -3.15. The Balaban J connectivity index is 1.75. The van der Waals surface area contributed by atoms with E-state index in [0.29, 0.717) is 27.0 Å². The van der Waals surface area contributed by atoms with E-state index in [4.69, 9.17) is 23.2 Å². The Morgan fingerprint density at radius 3 is 2.40 bits per heavy atom. The molecule has 1 aromatic heterocycles. The van der Waals surface area contributed by atoms with Crippen LogP contribution in [0.25, 0.3) is 5.57 Å².